The second kappa shape index (κ2) is 6.36. The van der Waals surface area contributed by atoms with Crippen molar-refractivity contribution in [2.45, 2.75) is 6.04 Å². The zero-order chi connectivity index (χ0) is 13.7. The molecule has 0 heterocycles. The molecule has 98 valence electrons. The Kier molecular flexibility index (Phi) is 5.11. The first-order valence-electron chi connectivity index (χ1n) is 4.97. The van der Waals surface area contributed by atoms with E-state index in [1.54, 1.807) is 6.07 Å². The maximum absolute atomic E-state index is 11.8. The van der Waals surface area contributed by atoms with Crippen LogP contribution in [-0.4, -0.2) is 41.8 Å². The summed E-state index contributed by atoms with van der Waals surface area (Å²) < 4.78 is 5.01. The third-order valence-corrected chi connectivity index (χ3v) is 2.67. The molecule has 0 bridgehead atoms. The van der Waals surface area contributed by atoms with Crippen molar-refractivity contribution in [2.75, 3.05) is 13.7 Å². The van der Waals surface area contributed by atoms with Gasteiger partial charge in [-0.1, -0.05) is 15.9 Å². The number of rotatable bonds is 4. The molecule has 1 rings (SSSR count). The number of hydrogen-bond acceptors (Lipinski definition) is 5. The molecule has 3 N–H and O–H groups in total. The molecule has 0 fully saturated rings. The van der Waals surface area contributed by atoms with E-state index >= 15 is 0 Å². The van der Waals surface area contributed by atoms with Crippen LogP contribution in [0.25, 0.3) is 0 Å². The number of carbonyl (C=O) groups is 2. The molecule has 0 aromatic heterocycles. The monoisotopic (exact) mass is 317 g/mol. The van der Waals surface area contributed by atoms with Crippen LogP contribution in [0.1, 0.15) is 10.4 Å². The summed E-state index contributed by atoms with van der Waals surface area (Å²) in [4.78, 5) is 23.0. The number of phenolic OH excluding ortho intramolecular Hbond substituents is 1. The first-order chi connectivity index (χ1) is 8.49. The summed E-state index contributed by atoms with van der Waals surface area (Å²) in [5, 5.41) is 20.7. The van der Waals surface area contributed by atoms with Crippen LogP contribution in [0.2, 0.25) is 0 Å². The number of methoxy groups -OCH3 is 1. The Morgan fingerprint density at radius 3 is 2.72 bits per heavy atom. The number of ether oxygens (including phenoxy) is 1. The van der Waals surface area contributed by atoms with E-state index in [0.717, 1.165) is 7.11 Å². The van der Waals surface area contributed by atoms with Gasteiger partial charge in [0.2, 0.25) is 0 Å². The minimum absolute atomic E-state index is 0.00766. The molecule has 1 atom stereocenters. The van der Waals surface area contributed by atoms with E-state index in [1.807, 2.05) is 0 Å². The van der Waals surface area contributed by atoms with Gasteiger partial charge in [0.25, 0.3) is 5.91 Å². The summed E-state index contributed by atoms with van der Waals surface area (Å²) in [5.41, 5.74) is -0.00766. The molecule has 0 aliphatic heterocycles. The van der Waals surface area contributed by atoms with Crippen LogP contribution in [-0.2, 0) is 9.53 Å². The van der Waals surface area contributed by atoms with E-state index in [-0.39, 0.29) is 11.3 Å². The molecule has 0 spiro atoms. The Balaban J connectivity index is 2.87. The number of carbonyl (C=O) groups excluding carboxylic acids is 2. The highest BCUT2D eigenvalue weighted by molar-refractivity contribution is 9.10. The van der Waals surface area contributed by atoms with Crippen LogP contribution in [0.5, 0.6) is 5.75 Å². The molecule has 6 nitrogen and oxygen atoms in total. The van der Waals surface area contributed by atoms with Crippen LogP contribution >= 0.6 is 15.9 Å². The maximum Gasteiger partial charge on any atom is 0.330 e. The molecular formula is C11H12BrNO5. The molecule has 7 heteroatoms. The van der Waals surface area contributed by atoms with E-state index in [0.29, 0.717) is 4.47 Å². The van der Waals surface area contributed by atoms with Crippen LogP contribution in [0.4, 0.5) is 0 Å². The molecule has 0 saturated heterocycles. The summed E-state index contributed by atoms with van der Waals surface area (Å²) in [6.07, 6.45) is 0. The van der Waals surface area contributed by atoms with Crippen molar-refractivity contribution in [3.8, 4) is 5.75 Å². The van der Waals surface area contributed by atoms with Crippen LogP contribution in [0, 0.1) is 0 Å². The quantitative estimate of drug-likeness (QED) is 0.699. The number of halogens is 1. The standard InChI is InChI=1S/C11H12BrNO5/c1-18-11(17)8(5-14)13-10(16)7-4-6(12)2-3-9(7)15/h2-4,8,14-15H,5H2,1H3,(H,13,16). The topological polar surface area (TPSA) is 95.9 Å². The Bertz CT molecular complexity index is 463. The third kappa shape index (κ3) is 3.44. The maximum atomic E-state index is 11.8. The molecule has 1 unspecified atom stereocenters. The van der Waals surface area contributed by atoms with Crippen molar-refractivity contribution in [3.63, 3.8) is 0 Å². The minimum Gasteiger partial charge on any atom is -0.507 e. The number of amides is 1. The van der Waals surface area contributed by atoms with Gasteiger partial charge in [0.15, 0.2) is 6.04 Å². The average molecular weight is 318 g/mol. The van der Waals surface area contributed by atoms with Crippen LogP contribution in [0.3, 0.4) is 0 Å². The SMILES string of the molecule is COC(=O)C(CO)NC(=O)c1cc(Br)ccc1O. The number of nitrogens with one attached hydrogen (secondary N) is 1. The van der Waals surface area contributed by atoms with E-state index in [2.05, 4.69) is 26.0 Å². The Hall–Kier alpha value is -1.60. The van der Waals surface area contributed by atoms with Gasteiger partial charge in [-0.05, 0) is 18.2 Å². The summed E-state index contributed by atoms with van der Waals surface area (Å²) in [6.45, 7) is -0.590. The van der Waals surface area contributed by atoms with Crippen LogP contribution in [0.15, 0.2) is 22.7 Å². The van der Waals surface area contributed by atoms with Gasteiger partial charge < -0.3 is 20.3 Å². The molecule has 18 heavy (non-hydrogen) atoms. The van der Waals surface area contributed by atoms with Gasteiger partial charge in [-0.2, -0.15) is 0 Å². The number of aliphatic hydroxyl groups is 1. The van der Waals surface area contributed by atoms with Gasteiger partial charge in [-0.25, -0.2) is 4.79 Å². The van der Waals surface area contributed by atoms with Gasteiger partial charge in [0.1, 0.15) is 5.75 Å². The van der Waals surface area contributed by atoms with Crippen molar-refractivity contribution in [3.05, 3.63) is 28.2 Å². The van der Waals surface area contributed by atoms with Gasteiger partial charge >= 0.3 is 5.97 Å². The van der Waals surface area contributed by atoms with Gasteiger partial charge in [-0.3, -0.25) is 4.79 Å². The smallest absolute Gasteiger partial charge is 0.330 e. The van der Waals surface area contributed by atoms with E-state index < -0.39 is 24.5 Å². The molecule has 1 amide bonds. The predicted octanol–water partition coefficient (Wildman–Crippen LogP) is 0.418. The molecule has 0 aliphatic carbocycles. The molecule has 1 aromatic carbocycles. The van der Waals surface area contributed by atoms with Gasteiger partial charge in [0.05, 0.1) is 19.3 Å². The number of aliphatic hydroxyl groups excluding tert-OH is 1. The third-order valence-electron chi connectivity index (χ3n) is 2.18. The van der Waals surface area contributed by atoms with E-state index in [4.69, 9.17) is 5.11 Å². The number of benzene rings is 1. The molecule has 0 aliphatic rings. The Morgan fingerprint density at radius 2 is 2.17 bits per heavy atom. The molecule has 0 saturated carbocycles. The lowest BCUT2D eigenvalue weighted by atomic mass is 10.1. The van der Waals surface area contributed by atoms with Crippen molar-refractivity contribution < 1.29 is 24.5 Å². The lowest BCUT2D eigenvalue weighted by molar-refractivity contribution is -0.143. The number of phenols is 1. The largest absolute Gasteiger partial charge is 0.507 e. The fourth-order valence-corrected chi connectivity index (χ4v) is 1.61. The number of hydrogen-bond donors (Lipinski definition) is 3. The highest BCUT2D eigenvalue weighted by Gasteiger charge is 2.22. The molecule has 0 radical (unpaired) electrons. The van der Waals surface area contributed by atoms with Crippen molar-refractivity contribution in [1.29, 1.82) is 0 Å². The average Bonchev–Trinajstić information content (AvgIpc) is 2.37. The highest BCUT2D eigenvalue weighted by atomic mass is 79.9. The van der Waals surface area contributed by atoms with Gasteiger partial charge in [0, 0.05) is 4.47 Å². The zero-order valence-corrected chi connectivity index (χ0v) is 11.1. The first kappa shape index (κ1) is 14.5. The summed E-state index contributed by atoms with van der Waals surface area (Å²) >= 11 is 3.16. The van der Waals surface area contributed by atoms with Crippen molar-refractivity contribution in [1.82, 2.24) is 5.32 Å². The van der Waals surface area contributed by atoms with E-state index in [9.17, 15) is 14.7 Å². The summed E-state index contributed by atoms with van der Waals surface area (Å²) in [7, 11) is 1.15. The fraction of sp³-hybridized carbons (Fsp3) is 0.273. The summed E-state index contributed by atoms with van der Waals surface area (Å²) in [5.74, 6) is -1.67. The lowest BCUT2D eigenvalue weighted by Crippen LogP contribution is -2.44. The minimum atomic E-state index is -1.17. The molecule has 1 aromatic rings. The second-order valence-electron chi connectivity index (χ2n) is 3.39. The van der Waals surface area contributed by atoms with Gasteiger partial charge in [-0.15, -0.1) is 0 Å². The Morgan fingerprint density at radius 1 is 1.50 bits per heavy atom. The summed E-state index contributed by atoms with van der Waals surface area (Å²) in [6, 6.07) is 3.14. The molecular weight excluding hydrogens is 306 g/mol. The van der Waals surface area contributed by atoms with Crippen molar-refractivity contribution >= 4 is 27.8 Å². The predicted molar refractivity (Wildman–Crippen MR) is 66.2 cm³/mol. The van der Waals surface area contributed by atoms with Crippen molar-refractivity contribution in [2.24, 2.45) is 0 Å². The van der Waals surface area contributed by atoms with E-state index in [1.165, 1.54) is 12.1 Å². The fourth-order valence-electron chi connectivity index (χ4n) is 1.25. The Labute approximate surface area is 112 Å². The zero-order valence-electron chi connectivity index (χ0n) is 9.51. The lowest BCUT2D eigenvalue weighted by Gasteiger charge is -2.14. The number of esters is 1. The second-order valence-corrected chi connectivity index (χ2v) is 4.31. The highest BCUT2D eigenvalue weighted by Crippen LogP contribution is 2.21. The number of aromatic hydroxyl groups is 1. The first-order valence-corrected chi connectivity index (χ1v) is 5.77. The normalized spacial score (nSPS) is 11.7. The van der Waals surface area contributed by atoms with Crippen LogP contribution < -0.4 is 5.32 Å².